The summed E-state index contributed by atoms with van der Waals surface area (Å²) in [6.45, 7) is 0.677. The molecular weight excluding hydrogens is 282 g/mol. The van der Waals surface area contributed by atoms with Crippen molar-refractivity contribution in [1.82, 2.24) is 4.57 Å². The molecular formula is C13H12BrNO2. The highest BCUT2D eigenvalue weighted by Gasteiger charge is 2.07. The summed E-state index contributed by atoms with van der Waals surface area (Å²) in [5.41, 5.74) is 1.53. The molecule has 2 rings (SSSR count). The van der Waals surface area contributed by atoms with Crippen LogP contribution in [-0.4, -0.2) is 15.6 Å². The van der Waals surface area contributed by atoms with Crippen LogP contribution < -0.4 is 0 Å². The number of carbonyl (C=O) groups is 1. The summed E-state index contributed by atoms with van der Waals surface area (Å²) in [5, 5.41) is 8.96. The Morgan fingerprint density at radius 3 is 2.59 bits per heavy atom. The highest BCUT2D eigenvalue weighted by Crippen LogP contribution is 2.12. The number of rotatable bonds is 4. The maximum Gasteiger partial charge on any atom is 0.352 e. The normalized spacial score (nSPS) is 10.4. The second-order valence-electron chi connectivity index (χ2n) is 3.77. The number of aromatic nitrogens is 1. The molecule has 17 heavy (non-hydrogen) atoms. The lowest BCUT2D eigenvalue weighted by atomic mass is 10.1. The van der Waals surface area contributed by atoms with Crippen molar-refractivity contribution >= 4 is 21.9 Å². The van der Waals surface area contributed by atoms with Crippen LogP contribution in [0.1, 0.15) is 16.1 Å². The van der Waals surface area contributed by atoms with Crippen LogP contribution >= 0.6 is 15.9 Å². The Morgan fingerprint density at radius 2 is 1.94 bits per heavy atom. The Balaban J connectivity index is 2.05. The molecule has 0 aliphatic rings. The third kappa shape index (κ3) is 2.97. The monoisotopic (exact) mass is 293 g/mol. The number of hydrogen-bond acceptors (Lipinski definition) is 1. The van der Waals surface area contributed by atoms with Crippen LogP contribution in [0.25, 0.3) is 0 Å². The van der Waals surface area contributed by atoms with Gasteiger partial charge in [0, 0.05) is 17.2 Å². The van der Waals surface area contributed by atoms with Gasteiger partial charge in [-0.25, -0.2) is 4.79 Å². The summed E-state index contributed by atoms with van der Waals surface area (Å²) in [5.74, 6) is -0.884. The molecule has 0 amide bonds. The van der Waals surface area contributed by atoms with E-state index in [4.69, 9.17) is 5.11 Å². The largest absolute Gasteiger partial charge is 0.477 e. The molecule has 2 aromatic rings. The summed E-state index contributed by atoms with van der Waals surface area (Å²) in [4.78, 5) is 10.9. The molecule has 1 aromatic carbocycles. The smallest absolute Gasteiger partial charge is 0.352 e. The van der Waals surface area contributed by atoms with E-state index in [1.807, 2.05) is 24.3 Å². The van der Waals surface area contributed by atoms with E-state index in [-0.39, 0.29) is 0 Å². The molecule has 0 aliphatic heterocycles. The van der Waals surface area contributed by atoms with Crippen LogP contribution in [0, 0.1) is 0 Å². The zero-order valence-electron chi connectivity index (χ0n) is 9.14. The highest BCUT2D eigenvalue weighted by molar-refractivity contribution is 9.10. The van der Waals surface area contributed by atoms with Crippen molar-refractivity contribution in [1.29, 1.82) is 0 Å². The topological polar surface area (TPSA) is 42.2 Å². The van der Waals surface area contributed by atoms with Gasteiger partial charge in [0.25, 0.3) is 0 Å². The molecule has 1 aromatic heterocycles. The van der Waals surface area contributed by atoms with Crippen molar-refractivity contribution in [3.63, 3.8) is 0 Å². The standard InChI is InChI=1S/C13H12BrNO2/c14-11-5-3-10(4-6-11)7-9-15-8-1-2-12(15)13(16)17/h1-6,8H,7,9H2,(H,16,17). The minimum Gasteiger partial charge on any atom is -0.477 e. The summed E-state index contributed by atoms with van der Waals surface area (Å²) in [6.07, 6.45) is 2.62. The zero-order chi connectivity index (χ0) is 12.3. The first-order valence-electron chi connectivity index (χ1n) is 5.30. The predicted molar refractivity (Wildman–Crippen MR) is 69.2 cm³/mol. The molecule has 88 valence electrons. The van der Waals surface area contributed by atoms with E-state index in [2.05, 4.69) is 15.9 Å². The summed E-state index contributed by atoms with van der Waals surface area (Å²) < 4.78 is 2.80. The zero-order valence-corrected chi connectivity index (χ0v) is 10.7. The third-order valence-corrected chi connectivity index (χ3v) is 3.13. The fourth-order valence-electron chi connectivity index (χ4n) is 1.70. The average molecular weight is 294 g/mol. The fourth-order valence-corrected chi connectivity index (χ4v) is 1.97. The number of halogens is 1. The first-order valence-corrected chi connectivity index (χ1v) is 6.09. The van der Waals surface area contributed by atoms with Gasteiger partial charge in [0.2, 0.25) is 0 Å². The molecule has 0 saturated heterocycles. The van der Waals surface area contributed by atoms with E-state index in [1.54, 1.807) is 22.9 Å². The number of hydrogen-bond donors (Lipinski definition) is 1. The first-order chi connectivity index (χ1) is 8.16. The van der Waals surface area contributed by atoms with Gasteiger partial charge >= 0.3 is 5.97 Å². The molecule has 3 nitrogen and oxygen atoms in total. The molecule has 0 radical (unpaired) electrons. The number of aromatic carboxylic acids is 1. The average Bonchev–Trinajstić information content (AvgIpc) is 2.76. The first kappa shape index (κ1) is 11.9. The predicted octanol–water partition coefficient (Wildman–Crippen LogP) is 3.19. The summed E-state index contributed by atoms with van der Waals surface area (Å²) in [7, 11) is 0. The second kappa shape index (κ2) is 5.19. The van der Waals surface area contributed by atoms with E-state index < -0.39 is 5.97 Å². The van der Waals surface area contributed by atoms with Gasteiger partial charge in [-0.3, -0.25) is 0 Å². The Labute approximate surface area is 108 Å². The third-order valence-electron chi connectivity index (χ3n) is 2.60. The molecule has 0 fully saturated rings. The molecule has 1 heterocycles. The minimum absolute atomic E-state index is 0.335. The molecule has 1 N–H and O–H groups in total. The van der Waals surface area contributed by atoms with E-state index in [1.165, 1.54) is 5.56 Å². The Hall–Kier alpha value is -1.55. The molecule has 0 saturated carbocycles. The van der Waals surface area contributed by atoms with E-state index in [0.29, 0.717) is 12.2 Å². The lowest BCUT2D eigenvalue weighted by molar-refractivity contribution is 0.0685. The minimum atomic E-state index is -0.884. The Kier molecular flexibility index (Phi) is 3.64. The number of nitrogens with zero attached hydrogens (tertiary/aromatic N) is 1. The van der Waals surface area contributed by atoms with Crippen molar-refractivity contribution in [3.8, 4) is 0 Å². The van der Waals surface area contributed by atoms with Crippen LogP contribution in [0.2, 0.25) is 0 Å². The molecule has 4 heteroatoms. The Morgan fingerprint density at radius 1 is 1.24 bits per heavy atom. The van der Waals surface area contributed by atoms with Gasteiger partial charge in [-0.15, -0.1) is 0 Å². The van der Waals surface area contributed by atoms with Gasteiger partial charge in [0.05, 0.1) is 0 Å². The van der Waals surface area contributed by atoms with Crippen molar-refractivity contribution < 1.29 is 9.90 Å². The van der Waals surface area contributed by atoms with Gasteiger partial charge in [-0.05, 0) is 36.2 Å². The molecule has 0 spiro atoms. The lowest BCUT2D eigenvalue weighted by Gasteiger charge is -2.06. The number of carboxylic acids is 1. The van der Waals surface area contributed by atoms with Crippen molar-refractivity contribution in [2.45, 2.75) is 13.0 Å². The molecule has 0 bridgehead atoms. The quantitative estimate of drug-likeness (QED) is 0.941. The molecule has 0 unspecified atom stereocenters. The van der Waals surface area contributed by atoms with Crippen LogP contribution in [0.5, 0.6) is 0 Å². The molecule has 0 atom stereocenters. The second-order valence-corrected chi connectivity index (χ2v) is 4.68. The van der Waals surface area contributed by atoms with Crippen molar-refractivity contribution in [3.05, 3.63) is 58.3 Å². The van der Waals surface area contributed by atoms with Crippen LogP contribution in [0.4, 0.5) is 0 Å². The van der Waals surface area contributed by atoms with Crippen LogP contribution in [-0.2, 0) is 13.0 Å². The van der Waals surface area contributed by atoms with Gasteiger partial charge in [-0.2, -0.15) is 0 Å². The van der Waals surface area contributed by atoms with Crippen molar-refractivity contribution in [2.75, 3.05) is 0 Å². The van der Waals surface area contributed by atoms with Gasteiger partial charge in [0.15, 0.2) is 0 Å². The van der Waals surface area contributed by atoms with Gasteiger partial charge in [0.1, 0.15) is 5.69 Å². The van der Waals surface area contributed by atoms with E-state index >= 15 is 0 Å². The fraction of sp³-hybridized carbons (Fsp3) is 0.154. The van der Waals surface area contributed by atoms with E-state index in [9.17, 15) is 4.79 Å². The summed E-state index contributed by atoms with van der Waals surface area (Å²) in [6, 6.07) is 11.4. The SMILES string of the molecule is O=C(O)c1cccn1CCc1ccc(Br)cc1. The number of benzene rings is 1. The van der Waals surface area contributed by atoms with E-state index in [0.717, 1.165) is 10.9 Å². The number of carboxylic acid groups (broad SMARTS) is 1. The Bertz CT molecular complexity index is 516. The maximum atomic E-state index is 10.9. The van der Waals surface area contributed by atoms with Crippen molar-refractivity contribution in [2.24, 2.45) is 0 Å². The van der Waals surface area contributed by atoms with Gasteiger partial charge < -0.3 is 9.67 Å². The highest BCUT2D eigenvalue weighted by atomic mass is 79.9. The molecule has 0 aliphatic carbocycles. The van der Waals surface area contributed by atoms with Crippen LogP contribution in [0.3, 0.4) is 0 Å². The lowest BCUT2D eigenvalue weighted by Crippen LogP contribution is -2.09. The number of aryl methyl sites for hydroxylation is 2. The van der Waals surface area contributed by atoms with Gasteiger partial charge in [-0.1, -0.05) is 28.1 Å². The summed E-state index contributed by atoms with van der Waals surface area (Å²) >= 11 is 3.38. The van der Waals surface area contributed by atoms with Crippen LogP contribution in [0.15, 0.2) is 47.1 Å². The maximum absolute atomic E-state index is 10.9.